The molecule has 264 valence electrons. The minimum atomic E-state index is -2.38. The highest BCUT2D eigenvalue weighted by Crippen LogP contribution is 2.57. The maximum Gasteiger partial charge on any atom is 0.160 e. The van der Waals surface area contributed by atoms with Gasteiger partial charge in [0.2, 0.25) is 0 Å². The average molecular weight is 726 g/mol. The van der Waals surface area contributed by atoms with E-state index in [0.29, 0.717) is 48.7 Å². The van der Waals surface area contributed by atoms with E-state index in [1.165, 1.54) is 22.7 Å². The molecule has 48 heavy (non-hydrogen) atoms. The SMILES string of the molecule is CC(C)C(C#N)(CCCOC(OCCCC(C#N)(c1ccc(C=O)s1)C(C)C)(C(C)(C)[SiH](C)C)[Si](C)(C)C(C)(C)C)c1ccc(C#N)s1. The summed E-state index contributed by atoms with van der Waals surface area (Å²) < 4.78 is 14.5. The first-order valence-corrected chi connectivity index (χ1v) is 24.9. The van der Waals surface area contributed by atoms with Crippen LogP contribution in [0.2, 0.25) is 36.3 Å². The van der Waals surface area contributed by atoms with E-state index in [1.807, 2.05) is 24.3 Å². The van der Waals surface area contributed by atoms with Crippen LogP contribution in [-0.2, 0) is 20.3 Å². The van der Waals surface area contributed by atoms with E-state index in [2.05, 4.69) is 107 Å². The van der Waals surface area contributed by atoms with Crippen LogP contribution in [-0.4, -0.2) is 41.8 Å². The molecule has 2 aromatic heterocycles. The number of nitriles is 3. The maximum absolute atomic E-state index is 11.5. The lowest BCUT2D eigenvalue weighted by Gasteiger charge is -2.59. The van der Waals surface area contributed by atoms with Crippen molar-refractivity contribution >= 4 is 45.8 Å². The van der Waals surface area contributed by atoms with Crippen LogP contribution in [0.5, 0.6) is 0 Å². The summed E-state index contributed by atoms with van der Waals surface area (Å²) in [6.45, 7) is 30.4. The molecular weight excluding hydrogens is 667 g/mol. The smallest absolute Gasteiger partial charge is 0.160 e. The molecule has 3 unspecified atom stereocenters. The van der Waals surface area contributed by atoms with E-state index in [-0.39, 0.29) is 21.9 Å². The highest BCUT2D eigenvalue weighted by molar-refractivity contribution is 7.13. The van der Waals surface area contributed by atoms with Crippen molar-refractivity contribution < 1.29 is 14.3 Å². The van der Waals surface area contributed by atoms with Crippen LogP contribution in [0.15, 0.2) is 24.3 Å². The largest absolute Gasteiger partial charge is 0.353 e. The predicted molar refractivity (Wildman–Crippen MR) is 206 cm³/mol. The van der Waals surface area contributed by atoms with Gasteiger partial charge in [-0.25, -0.2) is 0 Å². The normalized spacial score (nSPS) is 16.5. The predicted octanol–water partition coefficient (Wildman–Crippen LogP) is 10.6. The Kier molecular flexibility index (Phi) is 14.3. The zero-order valence-corrected chi connectivity index (χ0v) is 35.5. The van der Waals surface area contributed by atoms with Crippen molar-refractivity contribution in [3.05, 3.63) is 43.8 Å². The van der Waals surface area contributed by atoms with Gasteiger partial charge in [-0.2, -0.15) is 15.8 Å². The number of ether oxygens (including phenoxy) is 2. The highest BCUT2D eigenvalue weighted by atomic mass is 32.1. The van der Waals surface area contributed by atoms with E-state index in [1.54, 1.807) is 0 Å². The van der Waals surface area contributed by atoms with Crippen LogP contribution in [0.1, 0.15) is 112 Å². The van der Waals surface area contributed by atoms with Crippen molar-refractivity contribution in [2.75, 3.05) is 13.2 Å². The second-order valence-electron chi connectivity index (χ2n) is 16.3. The molecule has 0 radical (unpaired) electrons. The van der Waals surface area contributed by atoms with Crippen LogP contribution in [0, 0.1) is 45.8 Å². The number of rotatable bonds is 18. The van der Waals surface area contributed by atoms with Crippen LogP contribution < -0.4 is 0 Å². The summed E-state index contributed by atoms with van der Waals surface area (Å²) in [5.74, 6) is 0.136. The topological polar surface area (TPSA) is 107 Å². The third kappa shape index (κ3) is 7.93. The minimum absolute atomic E-state index is 0.0386. The molecule has 2 aromatic rings. The molecule has 2 rings (SSSR count). The molecule has 0 amide bonds. The van der Waals surface area contributed by atoms with Gasteiger partial charge in [0.25, 0.3) is 0 Å². The van der Waals surface area contributed by atoms with Gasteiger partial charge in [0.1, 0.15) is 19.0 Å². The van der Waals surface area contributed by atoms with Crippen LogP contribution >= 0.6 is 22.7 Å². The fraction of sp³-hybridized carbons (Fsp3) is 0.684. The third-order valence-corrected chi connectivity index (χ3v) is 24.0. The Balaban J connectivity index is 2.48. The van der Waals surface area contributed by atoms with E-state index in [0.717, 1.165) is 16.0 Å². The highest BCUT2D eigenvalue weighted by Gasteiger charge is 2.63. The van der Waals surface area contributed by atoms with Crippen molar-refractivity contribution in [1.29, 1.82) is 15.8 Å². The number of hydrogen-bond acceptors (Lipinski definition) is 8. The molecule has 0 spiro atoms. The molecule has 0 fully saturated rings. The van der Waals surface area contributed by atoms with Crippen LogP contribution in [0.4, 0.5) is 0 Å². The molecule has 0 bridgehead atoms. The van der Waals surface area contributed by atoms with Crippen molar-refractivity contribution in [3.8, 4) is 18.2 Å². The first kappa shape index (κ1) is 42.1. The van der Waals surface area contributed by atoms with Crippen LogP contribution in [0.3, 0.4) is 0 Å². The number of thiophene rings is 2. The fourth-order valence-electron chi connectivity index (χ4n) is 6.75. The van der Waals surface area contributed by atoms with Gasteiger partial charge in [-0.3, -0.25) is 4.79 Å². The molecule has 0 saturated carbocycles. The molecule has 2 heterocycles. The van der Waals surface area contributed by atoms with Gasteiger partial charge >= 0.3 is 0 Å². The number of carbonyl (C=O) groups excluding carboxylic acids is 1. The average Bonchev–Trinajstić information content (AvgIpc) is 3.70. The van der Waals surface area contributed by atoms with Crippen molar-refractivity contribution in [2.45, 2.75) is 141 Å². The van der Waals surface area contributed by atoms with Crippen molar-refractivity contribution in [2.24, 2.45) is 11.8 Å². The van der Waals surface area contributed by atoms with Gasteiger partial charge in [0.15, 0.2) is 11.7 Å². The lowest BCUT2D eigenvalue weighted by molar-refractivity contribution is -0.210. The Hall–Kier alpha value is -2.11. The first-order valence-electron chi connectivity index (χ1n) is 17.4. The lowest BCUT2D eigenvalue weighted by atomic mass is 9.74. The zero-order chi connectivity index (χ0) is 36.8. The summed E-state index contributed by atoms with van der Waals surface area (Å²) in [4.78, 5) is 14.6. The summed E-state index contributed by atoms with van der Waals surface area (Å²) in [5, 5.41) is 30.3. The molecular formula is C38H59N3O3S2Si2. The molecule has 0 aliphatic heterocycles. The van der Waals surface area contributed by atoms with Crippen molar-refractivity contribution in [3.63, 3.8) is 0 Å². The van der Waals surface area contributed by atoms with Gasteiger partial charge < -0.3 is 9.47 Å². The molecule has 0 aromatic carbocycles. The molecule has 0 aliphatic rings. The van der Waals surface area contributed by atoms with Gasteiger partial charge in [0.05, 0.1) is 27.8 Å². The quantitative estimate of drug-likeness (QED) is 0.0655. The van der Waals surface area contributed by atoms with E-state index < -0.39 is 33.1 Å². The molecule has 0 aliphatic carbocycles. The number of hydrogen-bond donors (Lipinski definition) is 0. The van der Waals surface area contributed by atoms with E-state index >= 15 is 0 Å². The molecule has 0 saturated heterocycles. The Morgan fingerprint density at radius 3 is 1.60 bits per heavy atom. The summed E-state index contributed by atoms with van der Waals surface area (Å²) in [5.41, 5.74) is -2.21. The third-order valence-electron chi connectivity index (χ3n) is 11.7. The number of aldehydes is 1. The Bertz CT molecular complexity index is 1500. The lowest BCUT2D eigenvalue weighted by Crippen LogP contribution is -2.69. The zero-order valence-electron chi connectivity index (χ0n) is 31.7. The Morgan fingerprint density at radius 1 is 0.812 bits per heavy atom. The number of carbonyl (C=O) groups is 1. The first-order chi connectivity index (χ1) is 22.2. The fourth-order valence-corrected chi connectivity index (χ4v) is 15.4. The summed E-state index contributed by atoms with van der Waals surface area (Å²) in [6, 6.07) is 15.0. The van der Waals surface area contributed by atoms with Gasteiger partial charge in [-0.05, 0) is 66.8 Å². The molecule has 0 N–H and O–H groups in total. The summed E-state index contributed by atoms with van der Waals surface area (Å²) in [7, 11) is -3.75. The molecule has 3 atom stereocenters. The standard InChI is InChI=1S/C38H59N3O3S2Si2/c1-28(2)36(26-40,32-18-16-30(24-39)45-32)20-14-22-43-38(35(8,9)47(10)11,48(12,13)34(5,6)7)44-23-15-21-37(27-41,29(3)4)33-19-17-31(25-42)46-33/h16-19,25,28-29,47H,14-15,20-23H2,1-13H3. The summed E-state index contributed by atoms with van der Waals surface area (Å²) in [6.07, 6.45) is 3.47. The van der Waals surface area contributed by atoms with Crippen molar-refractivity contribution in [1.82, 2.24) is 0 Å². The van der Waals surface area contributed by atoms with E-state index in [9.17, 15) is 20.6 Å². The van der Waals surface area contributed by atoms with Crippen LogP contribution in [0.25, 0.3) is 0 Å². The maximum atomic E-state index is 11.5. The number of nitrogens with zero attached hydrogens (tertiary/aromatic N) is 3. The minimum Gasteiger partial charge on any atom is -0.353 e. The Labute approximate surface area is 302 Å². The monoisotopic (exact) mass is 725 g/mol. The summed E-state index contributed by atoms with van der Waals surface area (Å²) >= 11 is 2.83. The van der Waals surface area contributed by atoms with Gasteiger partial charge in [-0.15, -0.1) is 22.7 Å². The van der Waals surface area contributed by atoms with Gasteiger partial charge in [0, 0.05) is 36.8 Å². The second kappa shape index (κ2) is 16.3. The Morgan fingerprint density at radius 2 is 1.27 bits per heavy atom. The molecule has 10 heteroatoms. The second-order valence-corrected chi connectivity index (χ2v) is 27.7. The van der Waals surface area contributed by atoms with Gasteiger partial charge in [-0.1, -0.05) is 88.5 Å². The van der Waals surface area contributed by atoms with E-state index in [4.69, 9.17) is 9.47 Å². The molecule has 6 nitrogen and oxygen atoms in total.